The van der Waals surface area contributed by atoms with Gasteiger partial charge in [0.25, 0.3) is 10.0 Å². The van der Waals surface area contributed by atoms with Crippen LogP contribution in [0.1, 0.15) is 12.8 Å². The molecule has 1 saturated heterocycles. The summed E-state index contributed by atoms with van der Waals surface area (Å²) in [7, 11) is -2.01. The molecule has 0 spiro atoms. The van der Waals surface area contributed by atoms with Crippen molar-refractivity contribution >= 4 is 49.6 Å². The second kappa shape index (κ2) is 9.40. The van der Waals surface area contributed by atoms with Gasteiger partial charge in [0.05, 0.1) is 12.5 Å². The van der Waals surface area contributed by atoms with Gasteiger partial charge in [0, 0.05) is 31.2 Å². The summed E-state index contributed by atoms with van der Waals surface area (Å²) in [5.74, 6) is -0.978. The number of hydrogen-bond donors (Lipinski definition) is 1. The van der Waals surface area contributed by atoms with Gasteiger partial charge in [0.15, 0.2) is 0 Å². The highest BCUT2D eigenvalue weighted by Gasteiger charge is 2.35. The molecular formula is C23H25N3O4S2. The number of anilines is 1. The number of thiophene rings is 1. The van der Waals surface area contributed by atoms with E-state index in [1.807, 2.05) is 42.5 Å². The van der Waals surface area contributed by atoms with Gasteiger partial charge in [-0.1, -0.05) is 42.5 Å². The maximum Gasteiger partial charge on any atom is 0.252 e. The first-order chi connectivity index (χ1) is 15.4. The standard InChI is InChI=1S/C23H25N3O4S2/c1-25(16-21(27)24-20-11-4-8-17-7-2-3-10-19(17)20)23(28)18-9-5-13-26(15-18)32(29,30)22-12-6-14-31-22/h2-4,6-8,10-12,14,18H,5,9,13,15-16H2,1H3,(H,24,27)/t18-/m0/s1. The molecule has 1 atom stereocenters. The summed E-state index contributed by atoms with van der Waals surface area (Å²) >= 11 is 1.17. The van der Waals surface area contributed by atoms with Crippen LogP contribution >= 0.6 is 11.3 Å². The average Bonchev–Trinajstić information content (AvgIpc) is 3.35. The summed E-state index contributed by atoms with van der Waals surface area (Å²) in [6.07, 6.45) is 1.21. The smallest absolute Gasteiger partial charge is 0.252 e. The van der Waals surface area contributed by atoms with Gasteiger partial charge in [-0.3, -0.25) is 9.59 Å². The number of piperidine rings is 1. The molecule has 3 aromatic rings. The van der Waals surface area contributed by atoms with Crippen molar-refractivity contribution in [3.8, 4) is 0 Å². The van der Waals surface area contributed by atoms with E-state index in [-0.39, 0.29) is 29.1 Å². The molecule has 0 unspecified atom stereocenters. The van der Waals surface area contributed by atoms with E-state index in [1.165, 1.54) is 20.5 Å². The van der Waals surface area contributed by atoms with E-state index in [9.17, 15) is 18.0 Å². The summed E-state index contributed by atoms with van der Waals surface area (Å²) in [5, 5.41) is 6.56. The molecule has 2 amide bonds. The van der Waals surface area contributed by atoms with E-state index in [1.54, 1.807) is 24.6 Å². The lowest BCUT2D eigenvalue weighted by molar-refractivity contribution is -0.138. The van der Waals surface area contributed by atoms with E-state index in [0.29, 0.717) is 25.1 Å². The number of carbonyl (C=O) groups is 2. The highest BCUT2D eigenvalue weighted by Crippen LogP contribution is 2.27. The van der Waals surface area contributed by atoms with Gasteiger partial charge in [0.2, 0.25) is 11.8 Å². The Morgan fingerprint density at radius 2 is 1.91 bits per heavy atom. The molecule has 9 heteroatoms. The number of carbonyl (C=O) groups excluding carboxylic acids is 2. The Labute approximate surface area is 191 Å². The van der Waals surface area contributed by atoms with Crippen molar-refractivity contribution in [1.29, 1.82) is 0 Å². The third kappa shape index (κ3) is 4.69. The van der Waals surface area contributed by atoms with E-state index in [4.69, 9.17) is 0 Å². The maximum atomic E-state index is 13.0. The molecule has 0 bridgehead atoms. The molecule has 168 valence electrons. The Hall–Kier alpha value is -2.75. The van der Waals surface area contributed by atoms with Crippen LogP contribution in [-0.2, 0) is 19.6 Å². The lowest BCUT2D eigenvalue weighted by Crippen LogP contribution is -2.47. The Morgan fingerprint density at radius 3 is 2.69 bits per heavy atom. The fraction of sp³-hybridized carbons (Fsp3) is 0.304. The number of amides is 2. The fourth-order valence-electron chi connectivity index (χ4n) is 4.03. The van der Waals surface area contributed by atoms with Crippen LogP contribution in [0.5, 0.6) is 0 Å². The van der Waals surface area contributed by atoms with Crippen molar-refractivity contribution in [3.63, 3.8) is 0 Å². The fourth-order valence-corrected chi connectivity index (χ4v) is 6.70. The SMILES string of the molecule is CN(CC(=O)Nc1cccc2ccccc12)C(=O)[C@H]1CCCN(S(=O)(=O)c2cccs2)C1. The molecule has 32 heavy (non-hydrogen) atoms. The van der Waals surface area contributed by atoms with Gasteiger partial charge in [-0.2, -0.15) is 4.31 Å². The summed E-state index contributed by atoms with van der Waals surface area (Å²) in [5.41, 5.74) is 0.694. The van der Waals surface area contributed by atoms with Crippen LogP contribution in [-0.4, -0.2) is 56.1 Å². The number of nitrogens with zero attached hydrogens (tertiary/aromatic N) is 2. The number of benzene rings is 2. The van der Waals surface area contributed by atoms with Gasteiger partial charge in [-0.15, -0.1) is 11.3 Å². The molecule has 0 radical (unpaired) electrons. The molecule has 1 aromatic heterocycles. The van der Waals surface area contributed by atoms with Crippen molar-refractivity contribution in [2.24, 2.45) is 5.92 Å². The molecule has 0 aliphatic carbocycles. The molecule has 1 fully saturated rings. The molecule has 1 aliphatic rings. The van der Waals surface area contributed by atoms with Crippen LogP contribution < -0.4 is 5.32 Å². The van der Waals surface area contributed by atoms with Crippen molar-refractivity contribution in [3.05, 3.63) is 60.0 Å². The molecule has 2 heterocycles. The van der Waals surface area contributed by atoms with Crippen LogP contribution in [0.3, 0.4) is 0 Å². The first-order valence-corrected chi connectivity index (χ1v) is 12.7. The largest absolute Gasteiger partial charge is 0.336 e. The zero-order valence-electron chi connectivity index (χ0n) is 17.7. The summed E-state index contributed by atoms with van der Waals surface area (Å²) in [6, 6.07) is 16.7. The number of rotatable bonds is 6. The minimum absolute atomic E-state index is 0.101. The number of fused-ring (bicyclic) bond motifs is 1. The molecule has 0 saturated carbocycles. The Morgan fingerprint density at radius 1 is 1.12 bits per heavy atom. The Kier molecular flexibility index (Phi) is 6.59. The predicted molar refractivity (Wildman–Crippen MR) is 126 cm³/mol. The Bertz CT molecular complexity index is 1220. The third-order valence-electron chi connectivity index (χ3n) is 5.64. The number of sulfonamides is 1. The van der Waals surface area contributed by atoms with Crippen LogP contribution in [0, 0.1) is 5.92 Å². The van der Waals surface area contributed by atoms with Gasteiger partial charge in [-0.05, 0) is 35.7 Å². The van der Waals surface area contributed by atoms with Crippen molar-refractivity contribution in [1.82, 2.24) is 9.21 Å². The summed E-state index contributed by atoms with van der Waals surface area (Å²) in [4.78, 5) is 27.0. The first kappa shape index (κ1) is 22.4. The predicted octanol–water partition coefficient (Wildman–Crippen LogP) is 3.40. The van der Waals surface area contributed by atoms with Crippen LogP contribution in [0.2, 0.25) is 0 Å². The Balaban J connectivity index is 1.39. The monoisotopic (exact) mass is 471 g/mol. The highest BCUT2D eigenvalue weighted by atomic mass is 32.2. The first-order valence-electron chi connectivity index (χ1n) is 10.4. The van der Waals surface area contributed by atoms with Crippen molar-refractivity contribution < 1.29 is 18.0 Å². The van der Waals surface area contributed by atoms with Gasteiger partial charge < -0.3 is 10.2 Å². The van der Waals surface area contributed by atoms with Crippen LogP contribution in [0.15, 0.2) is 64.2 Å². The van der Waals surface area contributed by atoms with E-state index < -0.39 is 15.9 Å². The lowest BCUT2D eigenvalue weighted by Gasteiger charge is -2.32. The number of nitrogens with one attached hydrogen (secondary N) is 1. The molecule has 2 aromatic carbocycles. The molecule has 7 nitrogen and oxygen atoms in total. The molecule has 1 N–H and O–H groups in total. The van der Waals surface area contributed by atoms with Crippen LogP contribution in [0.4, 0.5) is 5.69 Å². The maximum absolute atomic E-state index is 13.0. The average molecular weight is 472 g/mol. The van der Waals surface area contributed by atoms with Crippen molar-refractivity contribution in [2.75, 3.05) is 32.0 Å². The lowest BCUT2D eigenvalue weighted by atomic mass is 9.98. The quantitative estimate of drug-likeness (QED) is 0.597. The second-order valence-corrected chi connectivity index (χ2v) is 11.0. The highest BCUT2D eigenvalue weighted by molar-refractivity contribution is 7.91. The zero-order valence-corrected chi connectivity index (χ0v) is 19.4. The van der Waals surface area contributed by atoms with E-state index in [2.05, 4.69) is 5.32 Å². The number of hydrogen-bond acceptors (Lipinski definition) is 5. The van der Waals surface area contributed by atoms with E-state index >= 15 is 0 Å². The van der Waals surface area contributed by atoms with E-state index in [0.717, 1.165) is 10.8 Å². The van der Waals surface area contributed by atoms with Crippen LogP contribution in [0.25, 0.3) is 10.8 Å². The molecular weight excluding hydrogens is 446 g/mol. The normalized spacial score (nSPS) is 17.2. The van der Waals surface area contributed by atoms with Crippen molar-refractivity contribution in [2.45, 2.75) is 17.1 Å². The molecule has 4 rings (SSSR count). The minimum atomic E-state index is -3.59. The summed E-state index contributed by atoms with van der Waals surface area (Å²) in [6.45, 7) is 0.430. The summed E-state index contributed by atoms with van der Waals surface area (Å²) < 4.78 is 27.3. The van der Waals surface area contributed by atoms with Gasteiger partial charge >= 0.3 is 0 Å². The number of likely N-dealkylation sites (N-methyl/N-ethyl adjacent to an activating group) is 1. The second-order valence-electron chi connectivity index (χ2n) is 7.90. The third-order valence-corrected chi connectivity index (χ3v) is 8.88. The zero-order chi connectivity index (χ0) is 22.7. The van der Waals surface area contributed by atoms with Gasteiger partial charge in [0.1, 0.15) is 4.21 Å². The topological polar surface area (TPSA) is 86.8 Å². The van der Waals surface area contributed by atoms with Gasteiger partial charge in [-0.25, -0.2) is 8.42 Å². The molecule has 1 aliphatic heterocycles. The minimum Gasteiger partial charge on any atom is -0.336 e.